The molecular weight excluding hydrogens is 791 g/mol. The summed E-state index contributed by atoms with van der Waals surface area (Å²) in [4.78, 5) is 3.69. The zero-order chi connectivity index (χ0) is 43.9. The number of aromatic hydroxyl groups is 1. The van der Waals surface area contributed by atoms with Gasteiger partial charge < -0.3 is 50.7 Å². The van der Waals surface area contributed by atoms with E-state index in [9.17, 15) is 25.5 Å². The fraction of sp³-hybridized carbons (Fsp3) is 0.585. The Morgan fingerprint density at radius 2 is 1.78 bits per heavy atom. The number of phenols is 1. The average molecular weight is 864 g/mol. The van der Waals surface area contributed by atoms with Gasteiger partial charge in [-0.15, -0.1) is 0 Å². The van der Waals surface area contributed by atoms with E-state index in [2.05, 4.69) is 28.5 Å². The van der Waals surface area contributed by atoms with Gasteiger partial charge in [0.1, 0.15) is 24.2 Å². The van der Waals surface area contributed by atoms with Gasteiger partial charge in [-0.1, -0.05) is 81.0 Å². The third-order valence-corrected chi connectivity index (χ3v) is 15.3. The molecule has 8 rings (SSSR count). The number of hydrogen-bond donors (Lipinski definition) is 8. The number of fused-ring (bicyclic) bond motifs is 4. The summed E-state index contributed by atoms with van der Waals surface area (Å²) < 4.78 is 12.4. The molecule has 8 atom stereocenters. The number of nitrogens with two attached hydrogens (primary N) is 1. The van der Waals surface area contributed by atoms with Gasteiger partial charge in [0.2, 0.25) is 0 Å². The topological polar surface area (TPSA) is 177 Å². The van der Waals surface area contributed by atoms with Crippen LogP contribution in [0, 0.1) is 23.2 Å². The summed E-state index contributed by atoms with van der Waals surface area (Å²) in [7, 11) is 0. The fourth-order valence-corrected chi connectivity index (χ4v) is 12.0. The molecule has 0 bridgehead atoms. The van der Waals surface area contributed by atoms with Gasteiger partial charge >= 0.3 is 0 Å². The molecule has 342 valence electrons. The number of aliphatic hydroxyl groups is 4. The number of benzene rings is 2. The van der Waals surface area contributed by atoms with Crippen LogP contribution >= 0.6 is 0 Å². The highest BCUT2D eigenvalue weighted by Crippen LogP contribution is 2.60. The Balaban J connectivity index is 0.807. The van der Waals surface area contributed by atoms with Gasteiger partial charge in [0.15, 0.2) is 11.5 Å². The quantitative estimate of drug-likeness (QED) is 0.0380. The van der Waals surface area contributed by atoms with Crippen molar-refractivity contribution in [2.75, 3.05) is 19.7 Å². The Labute approximate surface area is 374 Å². The number of furan rings is 1. The second-order valence-electron chi connectivity index (χ2n) is 19.7. The number of rotatable bonds is 21. The predicted octanol–water partition coefficient (Wildman–Crippen LogP) is 8.88. The largest absolute Gasteiger partial charge is 0.504 e. The molecule has 9 N–H and O–H groups in total. The van der Waals surface area contributed by atoms with Crippen LogP contribution in [0.25, 0.3) is 6.08 Å². The first-order valence-electron chi connectivity index (χ1n) is 24.3. The summed E-state index contributed by atoms with van der Waals surface area (Å²) in [6.07, 6.45) is 20.3. The van der Waals surface area contributed by atoms with Crippen LogP contribution in [0.15, 0.2) is 65.1 Å². The van der Waals surface area contributed by atoms with E-state index >= 15 is 0 Å². The van der Waals surface area contributed by atoms with Gasteiger partial charge in [-0.05, 0) is 128 Å². The first-order valence-corrected chi connectivity index (χ1v) is 24.3. The highest BCUT2D eigenvalue weighted by atomic mass is 16.5. The van der Waals surface area contributed by atoms with Gasteiger partial charge in [-0.3, -0.25) is 0 Å². The molecule has 63 heavy (non-hydrogen) atoms. The van der Waals surface area contributed by atoms with Crippen LogP contribution in [0.4, 0.5) is 0 Å². The van der Waals surface area contributed by atoms with Gasteiger partial charge in [0.25, 0.3) is 0 Å². The molecule has 4 aromatic rings. The van der Waals surface area contributed by atoms with Crippen molar-refractivity contribution >= 4 is 6.08 Å². The third kappa shape index (κ3) is 10.8. The molecule has 4 aliphatic carbocycles. The van der Waals surface area contributed by atoms with E-state index in [1.165, 1.54) is 56.2 Å². The molecule has 2 saturated carbocycles. The lowest BCUT2D eigenvalue weighted by Gasteiger charge is -2.39. The van der Waals surface area contributed by atoms with E-state index in [0.29, 0.717) is 42.4 Å². The minimum Gasteiger partial charge on any atom is -0.504 e. The molecule has 0 amide bonds. The van der Waals surface area contributed by atoms with Gasteiger partial charge in [0, 0.05) is 60.8 Å². The number of aromatic amines is 1. The minimum atomic E-state index is -0.890. The van der Waals surface area contributed by atoms with E-state index in [4.69, 9.17) is 14.9 Å². The van der Waals surface area contributed by atoms with E-state index in [0.717, 1.165) is 103 Å². The monoisotopic (exact) mass is 864 g/mol. The highest BCUT2D eigenvalue weighted by Gasteiger charge is 2.51. The van der Waals surface area contributed by atoms with Crippen LogP contribution in [-0.4, -0.2) is 62.4 Å². The molecule has 2 heterocycles. The molecule has 0 saturated heterocycles. The molecule has 2 fully saturated rings. The Morgan fingerprint density at radius 3 is 2.60 bits per heavy atom. The second-order valence-corrected chi connectivity index (χ2v) is 19.7. The molecule has 2 aromatic heterocycles. The Kier molecular flexibility index (Phi) is 15.2. The standard InChI is InChI=1S/C53H73N3O7/c1-34(58)30-55-31-44-42-14-10-15-45(42)53(23-8-9-24-53)29-47-43(44)28-46(56-47)49(60)33-62-51-25-35(18-22-48(51)59)17-21-40-27-38(32-57)50(63-40)16-5-3-2-4-12-39(54)26-37-20-19-36-11-6-7-13-41(36)52(37)61/h6-7,11,13,18-20,22,25,27-28,34,37,39,42,44-45,49,52,55-61H,2-5,8-10,12,14-17,21,23-24,26,29-33,54H2,1H3. The van der Waals surface area contributed by atoms with Gasteiger partial charge in [-0.25, -0.2) is 0 Å². The first-order chi connectivity index (χ1) is 30.6. The molecule has 8 unspecified atom stereocenters. The summed E-state index contributed by atoms with van der Waals surface area (Å²) in [6, 6.07) is 17.6. The maximum Gasteiger partial charge on any atom is 0.161 e. The van der Waals surface area contributed by atoms with Crippen molar-refractivity contribution in [1.29, 1.82) is 0 Å². The van der Waals surface area contributed by atoms with Crippen LogP contribution < -0.4 is 15.8 Å². The zero-order valence-corrected chi connectivity index (χ0v) is 37.4. The van der Waals surface area contributed by atoms with Gasteiger partial charge in [0.05, 0.1) is 18.8 Å². The van der Waals surface area contributed by atoms with Crippen LogP contribution in [0.5, 0.6) is 11.5 Å². The van der Waals surface area contributed by atoms with E-state index in [1.54, 1.807) is 6.07 Å². The van der Waals surface area contributed by atoms with Crippen LogP contribution in [0.1, 0.15) is 159 Å². The number of aliphatic hydroxyl groups excluding tert-OH is 4. The zero-order valence-electron chi connectivity index (χ0n) is 37.4. The molecule has 0 aliphatic heterocycles. The Hall–Kier alpha value is -3.90. The van der Waals surface area contributed by atoms with Crippen molar-refractivity contribution in [2.45, 2.75) is 153 Å². The second kappa shape index (κ2) is 20.9. The molecule has 10 heteroatoms. The number of H-pyrrole nitrogens is 1. The smallest absolute Gasteiger partial charge is 0.161 e. The molecule has 0 radical (unpaired) electrons. The van der Waals surface area contributed by atoms with Crippen molar-refractivity contribution < 1.29 is 34.7 Å². The van der Waals surface area contributed by atoms with Crippen molar-refractivity contribution in [3.63, 3.8) is 0 Å². The Morgan fingerprint density at radius 1 is 0.952 bits per heavy atom. The average Bonchev–Trinajstić information content (AvgIpc) is 4.11. The minimum absolute atomic E-state index is 0.00437. The summed E-state index contributed by atoms with van der Waals surface area (Å²) >= 11 is 0. The Bertz CT molecular complexity index is 2120. The molecular formula is C53H73N3O7. The van der Waals surface area contributed by atoms with E-state index < -0.39 is 18.3 Å². The van der Waals surface area contributed by atoms with Crippen molar-refractivity contribution in [1.82, 2.24) is 10.3 Å². The highest BCUT2D eigenvalue weighted by molar-refractivity contribution is 5.57. The number of nitrogens with one attached hydrogen (secondary N) is 2. The lowest BCUT2D eigenvalue weighted by atomic mass is 9.66. The summed E-state index contributed by atoms with van der Waals surface area (Å²) in [5, 5.41) is 56.9. The third-order valence-electron chi connectivity index (χ3n) is 15.3. The van der Waals surface area contributed by atoms with Crippen LogP contribution in [0.2, 0.25) is 0 Å². The maximum atomic E-state index is 11.5. The normalized spacial score (nSPS) is 23.9. The fourth-order valence-electron chi connectivity index (χ4n) is 12.0. The molecule has 2 aromatic carbocycles. The first kappa shape index (κ1) is 45.7. The van der Waals surface area contributed by atoms with Gasteiger partial charge in [-0.2, -0.15) is 0 Å². The number of aromatic nitrogens is 1. The number of phenolic OH excluding ortho intramolecular Hbond substituents is 1. The van der Waals surface area contributed by atoms with Crippen molar-refractivity contribution in [3.05, 3.63) is 111 Å². The summed E-state index contributed by atoms with van der Waals surface area (Å²) in [6.45, 7) is 3.15. The molecule has 1 spiro atoms. The SMILES string of the molecule is CC(O)CNCC1c2cc(C(O)COc3cc(CCc4cc(CO)c(CCCCCCC(N)CC5C=Cc6ccccc6C5O)o4)ccc3O)[nH]c2CC2(CCCC2)C2CCCC12. The van der Waals surface area contributed by atoms with Crippen LogP contribution in [0.3, 0.4) is 0 Å². The van der Waals surface area contributed by atoms with E-state index in [1.807, 2.05) is 49.4 Å². The summed E-state index contributed by atoms with van der Waals surface area (Å²) in [5.41, 5.74) is 14.0. The number of unbranched alkanes of at least 4 members (excludes halogenated alkanes) is 3. The summed E-state index contributed by atoms with van der Waals surface area (Å²) in [5.74, 6) is 3.73. The lowest BCUT2D eigenvalue weighted by Crippen LogP contribution is -2.36. The van der Waals surface area contributed by atoms with Crippen LogP contribution in [-0.2, 0) is 32.3 Å². The maximum absolute atomic E-state index is 11.5. The number of hydrogen-bond acceptors (Lipinski definition) is 9. The number of ether oxygens (including phenoxy) is 1. The van der Waals surface area contributed by atoms with E-state index in [-0.39, 0.29) is 30.9 Å². The molecule has 10 nitrogen and oxygen atoms in total. The van der Waals surface area contributed by atoms with Crippen molar-refractivity contribution in [2.24, 2.45) is 28.9 Å². The molecule has 4 aliphatic rings. The predicted molar refractivity (Wildman–Crippen MR) is 247 cm³/mol. The lowest BCUT2D eigenvalue weighted by molar-refractivity contribution is 0.101. The number of aryl methyl sites for hydroxylation is 3. The van der Waals surface area contributed by atoms with Crippen molar-refractivity contribution in [3.8, 4) is 11.5 Å².